The van der Waals surface area contributed by atoms with Crippen LogP contribution >= 0.6 is 34.8 Å². The van der Waals surface area contributed by atoms with Crippen molar-refractivity contribution in [2.75, 3.05) is 43.8 Å². The number of anilines is 7. The maximum absolute atomic E-state index is 12.4. The van der Waals surface area contributed by atoms with E-state index < -0.39 is 35.9 Å². The lowest BCUT2D eigenvalue weighted by Gasteiger charge is -2.21. The zero-order valence-electron chi connectivity index (χ0n) is 51.8. The Kier molecular flexibility index (Phi) is 28.7. The molecule has 1 fully saturated rings. The Labute approximate surface area is 568 Å². The van der Waals surface area contributed by atoms with Crippen LogP contribution < -0.4 is 53.2 Å². The number of amides is 10. The molecule has 1 aliphatic carbocycles. The number of benzene rings is 8. The van der Waals surface area contributed by atoms with Gasteiger partial charge in [-0.25, -0.2) is 24.0 Å². The first-order valence-electron chi connectivity index (χ1n) is 29.0. The predicted octanol–water partition coefficient (Wildman–Crippen LogP) is 15.7. The average molecular weight is 1410 g/mol. The van der Waals surface area contributed by atoms with Gasteiger partial charge in [-0.05, 0) is 160 Å². The molecule has 0 bridgehead atoms. The van der Waals surface area contributed by atoms with Crippen molar-refractivity contribution in [2.24, 2.45) is 5.92 Å². The van der Waals surface area contributed by atoms with E-state index in [1.807, 2.05) is 20.8 Å². The van der Waals surface area contributed by atoms with Crippen molar-refractivity contribution in [1.82, 2.24) is 16.0 Å². The molecule has 0 aliphatic heterocycles. The van der Waals surface area contributed by atoms with Crippen molar-refractivity contribution < 1.29 is 88.2 Å². The average Bonchev–Trinajstić information content (AvgIpc) is 1.21. The van der Waals surface area contributed by atoms with Gasteiger partial charge in [0.15, 0.2) is 0 Å². The standard InChI is InChI=1S/C15H13F3N2O3.C14H20N2O3.C13H10Cl2N2O3.C13H11ClN2O3.C11H16N2O3/c16-15(17,18)10-3-1-9(2-4-10)8-19-14(23)20-12-6-5-11(21)7-13(12)22;17-11-6-7-12(13(18)8-11)16-14(19)15-9-10-4-2-1-3-5-10;14-7-3-8(15)5-9(4-7)16-13(20)17-11-2-1-10(18)6-12(11)19;14-8-1-3-9(4-2-8)15-13(19)16-11-6-5-10(17)7-12(11)18;1-11(2,3)13-10(16)12-8-5-4-7(14)6-9(8)15/h1-7,21-22H,8H2,(H2,19,20,23);6-8,10,17-18H,1-5,9H2,(H2,15,16,19);1-6,18-19H,(H2,16,17,20);1-7,17-18H,(H2,15,16,19);4-6,14-15H,1-3H3,(H2,12,13,16). The summed E-state index contributed by atoms with van der Waals surface area (Å²) in [5, 5.41) is 120. The number of alkyl halides is 3. The smallest absolute Gasteiger partial charge is 0.416 e. The number of hydrogen-bond donors (Lipinski definition) is 20. The van der Waals surface area contributed by atoms with Crippen LogP contribution in [-0.4, -0.2) is 93.3 Å². The maximum Gasteiger partial charge on any atom is 0.416 e. The van der Waals surface area contributed by atoms with E-state index >= 15 is 0 Å². The van der Waals surface area contributed by atoms with E-state index in [2.05, 4.69) is 53.2 Å². The summed E-state index contributed by atoms with van der Waals surface area (Å²) in [6.07, 6.45) is 1.72. The molecule has 0 heterocycles. The van der Waals surface area contributed by atoms with Crippen molar-refractivity contribution in [3.05, 3.63) is 184 Å². The number of carbonyl (C=O) groups is 5. The Morgan fingerprint density at radius 1 is 0.392 bits per heavy atom. The van der Waals surface area contributed by atoms with Gasteiger partial charge >= 0.3 is 36.3 Å². The second kappa shape index (κ2) is 36.4. The fourth-order valence-electron chi connectivity index (χ4n) is 8.31. The van der Waals surface area contributed by atoms with Gasteiger partial charge in [0.2, 0.25) is 0 Å². The van der Waals surface area contributed by atoms with Crippen LogP contribution in [0, 0.1) is 5.92 Å². The molecule has 8 aromatic rings. The summed E-state index contributed by atoms with van der Waals surface area (Å²) in [5.41, 5.74) is 1.35. The first-order valence-corrected chi connectivity index (χ1v) is 30.1. The fraction of sp³-hybridized carbons (Fsp3) is 0.197. The molecule has 0 spiro atoms. The van der Waals surface area contributed by atoms with Crippen molar-refractivity contribution in [3.8, 4) is 57.5 Å². The number of aromatic hydroxyl groups is 10. The van der Waals surface area contributed by atoms with Gasteiger partial charge in [0.05, 0.1) is 34.0 Å². The maximum atomic E-state index is 12.4. The van der Waals surface area contributed by atoms with E-state index in [0.717, 1.165) is 36.4 Å². The molecule has 0 radical (unpaired) electrons. The second-order valence-corrected chi connectivity index (χ2v) is 23.3. The molecule has 0 unspecified atom stereocenters. The number of halogens is 6. The molecule has 0 aromatic heterocycles. The van der Waals surface area contributed by atoms with Crippen molar-refractivity contribution in [1.29, 1.82) is 0 Å². The molecule has 1 aliphatic rings. The van der Waals surface area contributed by atoms with E-state index in [4.69, 9.17) is 60.3 Å². The van der Waals surface area contributed by atoms with Gasteiger partial charge in [0.25, 0.3) is 0 Å². The molecule has 0 atom stereocenters. The van der Waals surface area contributed by atoms with E-state index in [9.17, 15) is 62.7 Å². The predicted molar refractivity (Wildman–Crippen MR) is 365 cm³/mol. The van der Waals surface area contributed by atoms with Crippen LogP contribution in [0.1, 0.15) is 64.0 Å². The lowest BCUT2D eigenvalue weighted by molar-refractivity contribution is -0.137. The zero-order valence-corrected chi connectivity index (χ0v) is 54.1. The summed E-state index contributed by atoms with van der Waals surface area (Å²) in [7, 11) is 0. The van der Waals surface area contributed by atoms with Gasteiger partial charge in [0, 0.05) is 75.4 Å². The van der Waals surface area contributed by atoms with E-state index in [1.165, 1.54) is 129 Å². The van der Waals surface area contributed by atoms with Gasteiger partial charge in [-0.2, -0.15) is 13.2 Å². The summed E-state index contributed by atoms with van der Waals surface area (Å²) in [6, 6.07) is 32.5. The highest BCUT2D eigenvalue weighted by Gasteiger charge is 2.30. The van der Waals surface area contributed by atoms with E-state index in [1.54, 1.807) is 24.3 Å². The summed E-state index contributed by atoms with van der Waals surface area (Å²) < 4.78 is 37.3. The molecule has 1 saturated carbocycles. The highest BCUT2D eigenvalue weighted by molar-refractivity contribution is 6.35. The monoisotopic (exact) mass is 1400 g/mol. The lowest BCUT2D eigenvalue weighted by Crippen LogP contribution is -2.43. The van der Waals surface area contributed by atoms with Crippen LogP contribution in [0.25, 0.3) is 0 Å². The Morgan fingerprint density at radius 2 is 0.742 bits per heavy atom. The molecule has 10 amide bonds. The number of nitrogens with one attached hydrogen (secondary N) is 10. The minimum absolute atomic E-state index is 0.0167. The topological polar surface area (TPSA) is 408 Å². The third-order valence-corrected chi connectivity index (χ3v) is 13.6. The van der Waals surface area contributed by atoms with Gasteiger partial charge in [0.1, 0.15) is 57.5 Å². The first kappa shape index (κ1) is 76.5. The Hall–Kier alpha value is -11.2. The summed E-state index contributed by atoms with van der Waals surface area (Å²) in [4.78, 5) is 58.3. The van der Waals surface area contributed by atoms with E-state index in [0.29, 0.717) is 50.2 Å². The molecule has 516 valence electrons. The van der Waals surface area contributed by atoms with Crippen LogP contribution in [0.15, 0.2) is 158 Å². The number of phenolic OH excluding ortho intramolecular Hbond substituents is 10. The largest absolute Gasteiger partial charge is 0.508 e. The highest BCUT2D eigenvalue weighted by atomic mass is 35.5. The Bertz CT molecular complexity index is 3960. The third-order valence-electron chi connectivity index (χ3n) is 12.9. The van der Waals surface area contributed by atoms with Crippen LogP contribution in [-0.2, 0) is 12.7 Å². The van der Waals surface area contributed by atoms with Crippen LogP contribution in [0.2, 0.25) is 15.1 Å². The number of phenols is 10. The molecule has 8 aromatic carbocycles. The SMILES string of the molecule is CC(C)(C)NC(=O)Nc1ccc(O)cc1O.O=C(NCC1CCCCC1)Nc1ccc(O)cc1O.O=C(NCc1ccc(C(F)(F)F)cc1)Nc1ccc(O)cc1O.O=C(Nc1cc(Cl)cc(Cl)c1)Nc1ccc(O)cc1O.O=C(Nc1ccc(Cl)cc1)Nc1ccc(O)cc1O. The van der Waals surface area contributed by atoms with Crippen molar-refractivity contribution >= 4 is 105 Å². The van der Waals surface area contributed by atoms with Gasteiger partial charge in [-0.3, -0.25) is 0 Å². The molecule has 25 nitrogen and oxygen atoms in total. The Balaban J connectivity index is 0.000000220. The normalized spacial score (nSPS) is 11.6. The minimum Gasteiger partial charge on any atom is -0.508 e. The fourth-order valence-corrected chi connectivity index (χ4v) is 8.96. The Morgan fingerprint density at radius 3 is 1.10 bits per heavy atom. The minimum atomic E-state index is -4.40. The third kappa shape index (κ3) is 28.5. The zero-order chi connectivity index (χ0) is 71.6. The summed E-state index contributed by atoms with van der Waals surface area (Å²) >= 11 is 17.4. The van der Waals surface area contributed by atoms with Gasteiger partial charge in [-0.1, -0.05) is 66.2 Å². The van der Waals surface area contributed by atoms with Crippen molar-refractivity contribution in [2.45, 2.75) is 71.1 Å². The van der Waals surface area contributed by atoms with E-state index in [-0.39, 0.29) is 98.4 Å². The van der Waals surface area contributed by atoms with Crippen molar-refractivity contribution in [3.63, 3.8) is 0 Å². The lowest BCUT2D eigenvalue weighted by atomic mass is 9.89. The molecular formula is C66H70Cl3F3N10O15. The quantitative estimate of drug-likeness (QED) is 0.0423. The molecule has 20 N–H and O–H groups in total. The van der Waals surface area contributed by atoms with Gasteiger partial charge in [-0.15, -0.1) is 0 Å². The molecular weight excluding hydrogens is 1340 g/mol. The van der Waals surface area contributed by atoms with Crippen LogP contribution in [0.4, 0.5) is 77.0 Å². The number of urea groups is 5. The first-order chi connectivity index (χ1) is 45.7. The number of hydrogen-bond acceptors (Lipinski definition) is 15. The number of rotatable bonds is 11. The second-order valence-electron chi connectivity index (χ2n) is 22.0. The summed E-state index contributed by atoms with van der Waals surface area (Å²) in [6.45, 7) is 6.24. The highest BCUT2D eigenvalue weighted by Crippen LogP contribution is 2.33. The molecule has 0 saturated heterocycles. The number of carbonyl (C=O) groups excluding carboxylic acids is 5. The molecule has 31 heteroatoms. The molecule has 97 heavy (non-hydrogen) atoms. The van der Waals surface area contributed by atoms with Crippen LogP contribution in [0.5, 0.6) is 57.5 Å². The van der Waals surface area contributed by atoms with Crippen LogP contribution in [0.3, 0.4) is 0 Å². The summed E-state index contributed by atoms with van der Waals surface area (Å²) in [5.74, 6) is -0.964. The van der Waals surface area contributed by atoms with Gasteiger partial charge < -0.3 is 104 Å². The molecule has 9 rings (SSSR count).